The summed E-state index contributed by atoms with van der Waals surface area (Å²) in [4.78, 5) is 10.4. The molecule has 60 valence electrons. The second-order valence-electron chi connectivity index (χ2n) is 1.64. The zero-order valence-electron chi connectivity index (χ0n) is 5.80. The van der Waals surface area contributed by atoms with Gasteiger partial charge in [-0.05, 0) is 19.0 Å². The maximum atomic E-state index is 10.4. The minimum absolute atomic E-state index is 0. The summed E-state index contributed by atoms with van der Waals surface area (Å²) in [5.74, 6) is -0.136. The fraction of sp³-hybridized carbons (Fsp3) is 0.500. The van der Waals surface area contributed by atoms with Crippen LogP contribution in [0, 0.1) is 0 Å². The highest BCUT2D eigenvalue weighted by Crippen LogP contribution is 1.70. The topological polar surface area (TPSA) is 55.1 Å². The van der Waals surface area contributed by atoms with Gasteiger partial charge < -0.3 is 11.1 Å². The van der Waals surface area contributed by atoms with Gasteiger partial charge in [-0.1, -0.05) is 6.58 Å². The summed E-state index contributed by atoms with van der Waals surface area (Å²) in [6.45, 7) is 4.54. The van der Waals surface area contributed by atoms with E-state index in [2.05, 4.69) is 11.9 Å². The van der Waals surface area contributed by atoms with E-state index in [9.17, 15) is 4.79 Å². The normalized spacial score (nSPS) is 7.70. The number of carbonyl (C=O) groups is 1. The summed E-state index contributed by atoms with van der Waals surface area (Å²) in [5, 5.41) is 2.60. The van der Waals surface area contributed by atoms with Crippen LogP contribution in [-0.2, 0) is 4.79 Å². The van der Waals surface area contributed by atoms with Gasteiger partial charge in [0.25, 0.3) is 0 Å². The monoisotopic (exact) mass is 164 g/mol. The molecule has 10 heavy (non-hydrogen) atoms. The molecule has 0 atom stereocenters. The Balaban J connectivity index is 0. The van der Waals surface area contributed by atoms with Gasteiger partial charge in [-0.2, -0.15) is 0 Å². The van der Waals surface area contributed by atoms with Crippen molar-refractivity contribution in [2.75, 3.05) is 13.1 Å². The van der Waals surface area contributed by atoms with Crippen LogP contribution in [0.1, 0.15) is 6.42 Å². The Bertz CT molecular complexity index is 106. The Hall–Kier alpha value is -0.540. The summed E-state index contributed by atoms with van der Waals surface area (Å²) in [6.07, 6.45) is 2.07. The summed E-state index contributed by atoms with van der Waals surface area (Å²) in [5.41, 5.74) is 5.18. The Morgan fingerprint density at radius 3 is 2.70 bits per heavy atom. The second-order valence-corrected chi connectivity index (χ2v) is 1.64. The van der Waals surface area contributed by atoms with Crippen molar-refractivity contribution in [3.63, 3.8) is 0 Å². The quantitative estimate of drug-likeness (QED) is 0.456. The molecule has 3 N–H and O–H groups in total. The largest absolute Gasteiger partial charge is 0.353 e. The molecule has 0 aromatic heterocycles. The molecule has 0 aromatic carbocycles. The van der Waals surface area contributed by atoms with Crippen molar-refractivity contribution in [3.05, 3.63) is 12.7 Å². The van der Waals surface area contributed by atoms with Crippen molar-refractivity contribution in [1.82, 2.24) is 5.32 Å². The van der Waals surface area contributed by atoms with Crippen LogP contribution in [0.15, 0.2) is 12.7 Å². The summed E-state index contributed by atoms with van der Waals surface area (Å²) < 4.78 is 0. The van der Waals surface area contributed by atoms with E-state index in [1.54, 1.807) is 0 Å². The molecule has 0 radical (unpaired) electrons. The van der Waals surface area contributed by atoms with Crippen molar-refractivity contribution in [2.45, 2.75) is 6.42 Å². The lowest BCUT2D eigenvalue weighted by Crippen LogP contribution is -2.23. The first-order chi connectivity index (χ1) is 4.31. The summed E-state index contributed by atoms with van der Waals surface area (Å²) >= 11 is 0. The number of nitrogens with two attached hydrogens (primary N) is 1. The molecule has 0 heterocycles. The minimum atomic E-state index is -0.136. The van der Waals surface area contributed by atoms with Crippen molar-refractivity contribution in [1.29, 1.82) is 0 Å². The first-order valence-electron chi connectivity index (χ1n) is 2.91. The Morgan fingerprint density at radius 2 is 2.30 bits per heavy atom. The van der Waals surface area contributed by atoms with Crippen LogP contribution in [0.3, 0.4) is 0 Å². The Kier molecular flexibility index (Phi) is 10.3. The first kappa shape index (κ1) is 12.2. The second kappa shape index (κ2) is 8.46. The lowest BCUT2D eigenvalue weighted by Gasteiger charge is -1.97. The lowest BCUT2D eigenvalue weighted by atomic mass is 10.4. The van der Waals surface area contributed by atoms with Gasteiger partial charge in [0.1, 0.15) is 0 Å². The Labute approximate surface area is 67.1 Å². The van der Waals surface area contributed by atoms with Crippen molar-refractivity contribution >= 4 is 18.3 Å². The number of nitrogens with one attached hydrogen (secondary N) is 1. The predicted octanol–water partition coefficient (Wildman–Crippen LogP) is 0.0592. The van der Waals surface area contributed by atoms with E-state index in [4.69, 9.17) is 5.73 Å². The highest BCUT2D eigenvalue weighted by atomic mass is 35.5. The van der Waals surface area contributed by atoms with Gasteiger partial charge in [0.15, 0.2) is 0 Å². The smallest absolute Gasteiger partial charge is 0.243 e. The molecule has 0 spiro atoms. The van der Waals surface area contributed by atoms with E-state index >= 15 is 0 Å². The van der Waals surface area contributed by atoms with E-state index in [-0.39, 0.29) is 18.3 Å². The third-order valence-corrected chi connectivity index (χ3v) is 0.866. The van der Waals surface area contributed by atoms with Crippen LogP contribution in [0.2, 0.25) is 0 Å². The molecule has 0 unspecified atom stereocenters. The molecule has 4 heteroatoms. The fourth-order valence-electron chi connectivity index (χ4n) is 0.386. The minimum Gasteiger partial charge on any atom is -0.353 e. The third-order valence-electron chi connectivity index (χ3n) is 0.866. The maximum Gasteiger partial charge on any atom is 0.243 e. The van der Waals surface area contributed by atoms with Gasteiger partial charge in [-0.15, -0.1) is 12.4 Å². The number of amides is 1. The Morgan fingerprint density at radius 1 is 1.70 bits per heavy atom. The zero-order chi connectivity index (χ0) is 7.11. The lowest BCUT2D eigenvalue weighted by molar-refractivity contribution is -0.116. The standard InChI is InChI=1S/C6H12N2O.ClH/c1-2-6(9)8-5-3-4-7;/h2H,1,3-5,7H2,(H,8,9);1H. The van der Waals surface area contributed by atoms with Gasteiger partial charge >= 0.3 is 0 Å². The number of hydrogen-bond donors (Lipinski definition) is 2. The zero-order valence-corrected chi connectivity index (χ0v) is 6.62. The maximum absolute atomic E-state index is 10.4. The molecule has 0 aromatic rings. The van der Waals surface area contributed by atoms with Crippen LogP contribution in [-0.4, -0.2) is 19.0 Å². The van der Waals surface area contributed by atoms with Gasteiger partial charge in [-0.3, -0.25) is 4.79 Å². The number of carbonyl (C=O) groups excluding carboxylic acids is 1. The first-order valence-corrected chi connectivity index (χ1v) is 2.91. The fourth-order valence-corrected chi connectivity index (χ4v) is 0.386. The van der Waals surface area contributed by atoms with Crippen molar-refractivity contribution in [3.8, 4) is 0 Å². The van der Waals surface area contributed by atoms with Crippen LogP contribution < -0.4 is 11.1 Å². The molecular formula is C6H13ClN2O. The van der Waals surface area contributed by atoms with Crippen LogP contribution >= 0.6 is 12.4 Å². The van der Waals surface area contributed by atoms with Gasteiger partial charge in [-0.25, -0.2) is 0 Å². The summed E-state index contributed by atoms with van der Waals surface area (Å²) in [6, 6.07) is 0. The van der Waals surface area contributed by atoms with Crippen molar-refractivity contribution in [2.24, 2.45) is 5.73 Å². The number of rotatable bonds is 4. The van der Waals surface area contributed by atoms with Crippen LogP contribution in [0.25, 0.3) is 0 Å². The molecule has 3 nitrogen and oxygen atoms in total. The van der Waals surface area contributed by atoms with E-state index in [1.807, 2.05) is 0 Å². The molecule has 0 rings (SSSR count). The van der Waals surface area contributed by atoms with E-state index in [0.29, 0.717) is 13.1 Å². The highest BCUT2D eigenvalue weighted by Gasteiger charge is 1.88. The van der Waals surface area contributed by atoms with Gasteiger partial charge in [0.05, 0.1) is 0 Å². The van der Waals surface area contributed by atoms with Crippen LogP contribution in [0.4, 0.5) is 0 Å². The summed E-state index contributed by atoms with van der Waals surface area (Å²) in [7, 11) is 0. The molecule has 0 saturated heterocycles. The molecule has 0 aliphatic heterocycles. The van der Waals surface area contributed by atoms with E-state index < -0.39 is 0 Å². The average Bonchev–Trinajstić information content (AvgIpc) is 1.89. The molecule has 0 aliphatic carbocycles. The number of halogens is 1. The molecule has 0 aliphatic rings. The SMILES string of the molecule is C=CC(=O)NCCCN.Cl. The number of hydrogen-bond acceptors (Lipinski definition) is 2. The third kappa shape index (κ3) is 7.46. The predicted molar refractivity (Wildman–Crippen MR) is 44.1 cm³/mol. The molecular weight excluding hydrogens is 152 g/mol. The molecule has 0 fully saturated rings. The van der Waals surface area contributed by atoms with Gasteiger partial charge in [0.2, 0.25) is 5.91 Å². The average molecular weight is 165 g/mol. The van der Waals surface area contributed by atoms with E-state index in [0.717, 1.165) is 6.42 Å². The molecule has 0 saturated carbocycles. The molecule has 0 bridgehead atoms. The highest BCUT2D eigenvalue weighted by molar-refractivity contribution is 5.86. The molecule has 1 amide bonds. The van der Waals surface area contributed by atoms with Gasteiger partial charge in [0, 0.05) is 6.54 Å². The van der Waals surface area contributed by atoms with E-state index in [1.165, 1.54) is 6.08 Å². The van der Waals surface area contributed by atoms with Crippen molar-refractivity contribution < 1.29 is 4.79 Å². The van der Waals surface area contributed by atoms with Crippen LogP contribution in [0.5, 0.6) is 0 Å².